The van der Waals surface area contributed by atoms with Crippen molar-refractivity contribution in [2.24, 2.45) is 5.92 Å². The van der Waals surface area contributed by atoms with E-state index in [9.17, 15) is 0 Å². The molecule has 0 saturated carbocycles. The normalized spacial score (nSPS) is 12.6. The lowest BCUT2D eigenvalue weighted by atomic mass is 9.96. The maximum atomic E-state index is 6.27. The van der Waals surface area contributed by atoms with Crippen molar-refractivity contribution in [1.29, 1.82) is 0 Å². The Bertz CT molecular complexity index is 1190. The Morgan fingerprint density at radius 2 is 1.52 bits per heavy atom. The third-order valence-electron chi connectivity index (χ3n) is 6.31. The summed E-state index contributed by atoms with van der Waals surface area (Å²) in [7, 11) is 0. The van der Waals surface area contributed by atoms with Gasteiger partial charge in [-0.25, -0.2) is 4.98 Å². The van der Waals surface area contributed by atoms with E-state index < -0.39 is 0 Å². The number of hydrogen-bond donors (Lipinski definition) is 0. The highest BCUT2D eigenvalue weighted by Crippen LogP contribution is 2.29. The zero-order chi connectivity index (χ0) is 23.4. The highest BCUT2D eigenvalue weighted by atomic mass is 16.5. The highest BCUT2D eigenvalue weighted by molar-refractivity contribution is 5.76. The van der Waals surface area contributed by atoms with Gasteiger partial charge in [0.15, 0.2) is 0 Å². The molecule has 0 aliphatic carbocycles. The summed E-state index contributed by atoms with van der Waals surface area (Å²) in [6.45, 7) is 12.6. The molecule has 0 N–H and O–H groups in total. The van der Waals surface area contributed by atoms with Crippen LogP contribution in [0.1, 0.15) is 69.0 Å². The predicted octanol–water partition coefficient (Wildman–Crippen LogP) is 7.59. The van der Waals surface area contributed by atoms with Crippen molar-refractivity contribution in [3.05, 3.63) is 95.3 Å². The number of para-hydroxylation sites is 3. The Labute approximate surface area is 198 Å². The molecule has 0 saturated heterocycles. The Kier molecular flexibility index (Phi) is 7.17. The first-order valence-electron chi connectivity index (χ1n) is 12.2. The molecule has 1 atom stereocenters. The second kappa shape index (κ2) is 10.2. The Hall–Kier alpha value is -3.07. The van der Waals surface area contributed by atoms with Crippen LogP contribution in [-0.4, -0.2) is 16.2 Å². The highest BCUT2D eigenvalue weighted by Gasteiger charge is 2.18. The summed E-state index contributed by atoms with van der Waals surface area (Å²) < 4.78 is 8.60. The van der Waals surface area contributed by atoms with Crippen molar-refractivity contribution >= 4 is 11.0 Å². The average Bonchev–Trinajstić information content (AvgIpc) is 3.17. The van der Waals surface area contributed by atoms with Crippen molar-refractivity contribution in [2.45, 2.75) is 59.4 Å². The number of benzene rings is 3. The zero-order valence-corrected chi connectivity index (χ0v) is 20.6. The summed E-state index contributed by atoms with van der Waals surface area (Å²) >= 11 is 0. The second-order valence-corrected chi connectivity index (χ2v) is 9.71. The molecule has 172 valence electrons. The van der Waals surface area contributed by atoms with Crippen LogP contribution in [0.2, 0.25) is 0 Å². The lowest BCUT2D eigenvalue weighted by molar-refractivity contribution is 0.294. The molecule has 3 aromatic carbocycles. The van der Waals surface area contributed by atoms with Gasteiger partial charge < -0.3 is 9.30 Å². The fourth-order valence-corrected chi connectivity index (χ4v) is 4.56. The van der Waals surface area contributed by atoms with Gasteiger partial charge in [-0.2, -0.15) is 0 Å². The first kappa shape index (κ1) is 23.1. The van der Waals surface area contributed by atoms with Gasteiger partial charge in [0.25, 0.3) is 0 Å². The van der Waals surface area contributed by atoms with E-state index in [1.165, 1.54) is 16.7 Å². The van der Waals surface area contributed by atoms with Gasteiger partial charge >= 0.3 is 0 Å². The Morgan fingerprint density at radius 1 is 0.818 bits per heavy atom. The van der Waals surface area contributed by atoms with Gasteiger partial charge in [-0.1, -0.05) is 89.2 Å². The molecule has 0 aliphatic heterocycles. The molecular formula is C30H36N2O. The number of rotatable bonds is 9. The summed E-state index contributed by atoms with van der Waals surface area (Å²) in [5.41, 5.74) is 6.15. The summed E-state index contributed by atoms with van der Waals surface area (Å²) in [5, 5.41) is 0. The van der Waals surface area contributed by atoms with Crippen molar-refractivity contribution < 1.29 is 4.74 Å². The van der Waals surface area contributed by atoms with Crippen LogP contribution < -0.4 is 4.74 Å². The third-order valence-corrected chi connectivity index (χ3v) is 6.31. The largest absolute Gasteiger partial charge is 0.491 e. The SMILES string of the molecule is CC(C)Cc1ccc(C(C)c2nc3ccccc3n2CCOc2ccccc2C(C)C)cc1. The van der Waals surface area contributed by atoms with Gasteiger partial charge in [-0.15, -0.1) is 0 Å². The topological polar surface area (TPSA) is 27.1 Å². The van der Waals surface area contributed by atoms with Gasteiger partial charge in [-0.05, 0) is 53.1 Å². The lowest BCUT2D eigenvalue weighted by Crippen LogP contribution is -2.14. The summed E-state index contributed by atoms with van der Waals surface area (Å²) in [6.07, 6.45) is 1.11. The van der Waals surface area contributed by atoms with Crippen LogP contribution >= 0.6 is 0 Å². The number of nitrogens with zero attached hydrogens (tertiary/aromatic N) is 2. The molecule has 1 aromatic heterocycles. The van der Waals surface area contributed by atoms with Gasteiger partial charge in [-0.3, -0.25) is 0 Å². The minimum Gasteiger partial charge on any atom is -0.491 e. The molecule has 0 amide bonds. The van der Waals surface area contributed by atoms with Crippen LogP contribution in [0.15, 0.2) is 72.8 Å². The average molecular weight is 441 g/mol. The van der Waals surface area contributed by atoms with E-state index in [0.717, 1.165) is 35.6 Å². The van der Waals surface area contributed by atoms with E-state index >= 15 is 0 Å². The van der Waals surface area contributed by atoms with E-state index in [0.29, 0.717) is 18.4 Å². The smallest absolute Gasteiger partial charge is 0.122 e. The van der Waals surface area contributed by atoms with E-state index in [1.54, 1.807) is 0 Å². The molecule has 0 spiro atoms. The monoisotopic (exact) mass is 440 g/mol. The van der Waals surface area contributed by atoms with Crippen LogP contribution in [0.3, 0.4) is 0 Å². The van der Waals surface area contributed by atoms with Crippen molar-refractivity contribution in [3.8, 4) is 5.75 Å². The maximum Gasteiger partial charge on any atom is 0.122 e. The predicted molar refractivity (Wildman–Crippen MR) is 138 cm³/mol. The quantitative estimate of drug-likeness (QED) is 0.268. The van der Waals surface area contributed by atoms with E-state index in [4.69, 9.17) is 9.72 Å². The minimum absolute atomic E-state index is 0.202. The van der Waals surface area contributed by atoms with Gasteiger partial charge in [0.05, 0.1) is 17.6 Å². The second-order valence-electron chi connectivity index (χ2n) is 9.71. The van der Waals surface area contributed by atoms with E-state index in [-0.39, 0.29) is 5.92 Å². The van der Waals surface area contributed by atoms with E-state index in [1.807, 2.05) is 6.07 Å². The molecule has 0 bridgehead atoms. The number of ether oxygens (including phenoxy) is 1. The lowest BCUT2D eigenvalue weighted by Gasteiger charge is -2.18. The standard InChI is InChI=1S/C30H36N2O/c1-21(2)20-24-14-16-25(17-15-24)23(5)30-31-27-11-7-8-12-28(27)32(30)18-19-33-29-13-9-6-10-26(29)22(3)4/h6-17,21-23H,18-20H2,1-5H3. The molecular weight excluding hydrogens is 404 g/mol. The van der Waals surface area contributed by atoms with Crippen LogP contribution in [0.25, 0.3) is 11.0 Å². The zero-order valence-electron chi connectivity index (χ0n) is 20.6. The van der Waals surface area contributed by atoms with Crippen LogP contribution in [0.4, 0.5) is 0 Å². The van der Waals surface area contributed by atoms with Crippen LogP contribution in [0.5, 0.6) is 5.75 Å². The number of hydrogen-bond acceptors (Lipinski definition) is 2. The first-order chi connectivity index (χ1) is 15.9. The Morgan fingerprint density at radius 3 is 2.24 bits per heavy atom. The number of imidazole rings is 1. The minimum atomic E-state index is 0.202. The molecule has 0 radical (unpaired) electrons. The molecule has 3 heteroatoms. The molecule has 0 fully saturated rings. The molecule has 4 rings (SSSR count). The number of aromatic nitrogens is 2. The molecule has 4 aromatic rings. The first-order valence-corrected chi connectivity index (χ1v) is 12.2. The maximum absolute atomic E-state index is 6.27. The molecule has 33 heavy (non-hydrogen) atoms. The molecule has 1 unspecified atom stereocenters. The van der Waals surface area contributed by atoms with Crippen LogP contribution in [-0.2, 0) is 13.0 Å². The summed E-state index contributed by atoms with van der Waals surface area (Å²) in [6, 6.07) is 25.8. The van der Waals surface area contributed by atoms with Crippen molar-refractivity contribution in [3.63, 3.8) is 0 Å². The fraction of sp³-hybridized carbons (Fsp3) is 0.367. The van der Waals surface area contributed by atoms with Gasteiger partial charge in [0.2, 0.25) is 0 Å². The molecule has 1 heterocycles. The van der Waals surface area contributed by atoms with Gasteiger partial charge in [0.1, 0.15) is 18.2 Å². The van der Waals surface area contributed by atoms with Crippen LogP contribution in [0, 0.1) is 5.92 Å². The fourth-order valence-electron chi connectivity index (χ4n) is 4.56. The Balaban J connectivity index is 1.58. The van der Waals surface area contributed by atoms with Crippen molar-refractivity contribution in [2.75, 3.05) is 6.61 Å². The molecule has 3 nitrogen and oxygen atoms in total. The van der Waals surface area contributed by atoms with Crippen molar-refractivity contribution in [1.82, 2.24) is 9.55 Å². The number of fused-ring (bicyclic) bond motifs is 1. The summed E-state index contributed by atoms with van der Waals surface area (Å²) in [4.78, 5) is 5.04. The van der Waals surface area contributed by atoms with Gasteiger partial charge in [0, 0.05) is 5.92 Å². The third kappa shape index (κ3) is 5.30. The molecule has 0 aliphatic rings. The van der Waals surface area contributed by atoms with E-state index in [2.05, 4.69) is 106 Å². The summed E-state index contributed by atoms with van der Waals surface area (Å²) in [5.74, 6) is 3.37.